The highest BCUT2D eigenvalue weighted by atomic mass is 16.3. The van der Waals surface area contributed by atoms with E-state index in [-0.39, 0.29) is 0 Å². The molecule has 8 heterocycles. The first-order valence-electron chi connectivity index (χ1n) is 47.4. The minimum Gasteiger partial charge on any atom is -0.455 e. The summed E-state index contributed by atoms with van der Waals surface area (Å²) in [6, 6.07) is 163. The number of benzene rings is 22. The Balaban J connectivity index is 0.000000105. The zero-order valence-electron chi connectivity index (χ0n) is 75.4. The van der Waals surface area contributed by atoms with Gasteiger partial charge in [0, 0.05) is 106 Å². The van der Waals surface area contributed by atoms with Crippen LogP contribution >= 0.6 is 0 Å². The first-order chi connectivity index (χ1) is 69.4. The third-order valence-corrected chi connectivity index (χ3v) is 28.1. The van der Waals surface area contributed by atoms with Crippen molar-refractivity contribution in [1.82, 2.24) is 48.6 Å². The number of aromatic nitrogens is 10. The molecule has 0 aliphatic carbocycles. The van der Waals surface area contributed by atoms with E-state index in [0.717, 1.165) is 150 Å². The number of nitrogens with zero attached hydrogens (tertiary/aromatic N) is 10. The molecule has 0 radical (unpaired) electrons. The third-order valence-electron chi connectivity index (χ3n) is 28.1. The molecule has 11 nitrogen and oxygen atoms in total. The maximum absolute atomic E-state index is 6.48. The maximum Gasteiger partial charge on any atom is 0.144 e. The Morgan fingerprint density at radius 3 is 1.06 bits per heavy atom. The molecule has 22 aromatic carbocycles. The van der Waals surface area contributed by atoms with Crippen molar-refractivity contribution >= 4 is 196 Å². The lowest BCUT2D eigenvalue weighted by Crippen LogP contribution is -1.99. The van der Waals surface area contributed by atoms with E-state index in [0.29, 0.717) is 0 Å². The second-order valence-corrected chi connectivity index (χ2v) is 36.1. The average molecular weight is 1780 g/mol. The van der Waals surface area contributed by atoms with Gasteiger partial charge in [0.1, 0.15) is 16.9 Å². The van der Waals surface area contributed by atoms with E-state index in [4.69, 9.17) is 34.3 Å². The van der Waals surface area contributed by atoms with Crippen LogP contribution in [0, 0.1) is 0 Å². The Labute approximate surface area is 801 Å². The molecule has 0 N–H and O–H groups in total. The van der Waals surface area contributed by atoms with Gasteiger partial charge in [-0.3, -0.25) is 4.98 Å². The van der Waals surface area contributed by atoms with Crippen LogP contribution in [0.25, 0.3) is 280 Å². The number of pyridine rings is 1. The Hall–Kier alpha value is -19.0. The second-order valence-electron chi connectivity index (χ2n) is 36.1. The van der Waals surface area contributed by atoms with Gasteiger partial charge in [-0.2, -0.15) is 0 Å². The van der Waals surface area contributed by atoms with Crippen molar-refractivity contribution in [2.24, 2.45) is 0 Å². The monoisotopic (exact) mass is 1780 g/mol. The summed E-state index contributed by atoms with van der Waals surface area (Å²) in [7, 11) is 0. The topological polar surface area (TPSA) is 118 Å². The van der Waals surface area contributed by atoms with E-state index >= 15 is 0 Å². The molecule has 0 fully saturated rings. The fourth-order valence-corrected chi connectivity index (χ4v) is 21.7. The summed E-state index contributed by atoms with van der Waals surface area (Å²) in [5, 5.41) is 26.8. The fourth-order valence-electron chi connectivity index (χ4n) is 21.7. The van der Waals surface area contributed by atoms with Crippen LogP contribution in [0.4, 0.5) is 0 Å². The van der Waals surface area contributed by atoms with Crippen molar-refractivity contribution in [2.45, 2.75) is 0 Å². The van der Waals surface area contributed by atoms with E-state index in [9.17, 15) is 0 Å². The lowest BCUT2D eigenvalue weighted by molar-refractivity contribution is 0.670. The highest BCUT2D eigenvalue weighted by molar-refractivity contribution is 6.27. The van der Waals surface area contributed by atoms with Gasteiger partial charge in [0.25, 0.3) is 0 Å². The second kappa shape index (κ2) is 32.4. The molecule has 0 aliphatic rings. The smallest absolute Gasteiger partial charge is 0.144 e. The van der Waals surface area contributed by atoms with Crippen LogP contribution in [-0.2, 0) is 0 Å². The molecule has 11 heteroatoms. The summed E-state index contributed by atoms with van der Waals surface area (Å²) in [6.45, 7) is 0. The molecule has 0 saturated carbocycles. The Morgan fingerprint density at radius 2 is 0.543 bits per heavy atom. The first kappa shape index (κ1) is 79.6. The maximum atomic E-state index is 6.48. The predicted octanol–water partition coefficient (Wildman–Crippen LogP) is 33.5. The van der Waals surface area contributed by atoms with E-state index in [1.165, 1.54) is 130 Å². The molecule has 0 unspecified atom stereocenters. The highest BCUT2D eigenvalue weighted by Crippen LogP contribution is 2.48. The summed E-state index contributed by atoms with van der Waals surface area (Å²) >= 11 is 0. The lowest BCUT2D eigenvalue weighted by Gasteiger charge is -2.17. The van der Waals surface area contributed by atoms with E-state index in [1.54, 1.807) is 6.20 Å². The number of para-hydroxylation sites is 11. The van der Waals surface area contributed by atoms with Gasteiger partial charge in [0.15, 0.2) is 0 Å². The van der Waals surface area contributed by atoms with Crippen molar-refractivity contribution in [3.63, 3.8) is 0 Å². The van der Waals surface area contributed by atoms with Crippen molar-refractivity contribution < 1.29 is 4.42 Å². The number of hydrogen-bond acceptors (Lipinski definition) is 8. The van der Waals surface area contributed by atoms with Gasteiger partial charge in [-0.1, -0.05) is 303 Å². The zero-order chi connectivity index (χ0) is 92.0. The summed E-state index contributed by atoms with van der Waals surface area (Å²) in [5.74, 6) is 0. The Kier molecular flexibility index (Phi) is 18.4. The Bertz CT molecular complexity index is 10400. The standard InChI is InChI=1S/C52H31N3.C42H25N3O.C35H22N4/c1-2-14-33-31-50-45(29-32(33)13-1)42-21-9-12-24-48(42)55(50)49-28-27-43(39-19-7-8-20-41(39)49)52-51(53-46-22-10-11-23-47(46)54-52)34-25-26-40-37-17-4-3-15-35(37)36-16-5-6-18-38(36)44(40)30-34;1-2-12-27-25-38-34(24-26(27)11-1)30-15-3-7-21-37(30)45(38)29-14-9-13-28(23-29)40-41(44-36-20-6-5-19-35(36)43-40)33-18-10-17-32-31-16-4-8-22-39(31)46-42(32)33;1-2-9-25-21-33-29(20-24(25)8-1)28-11-3-6-14-32(28)39(33)27-17-15-23(16-18-27)34-35(26-10-7-19-36-22-26)38-31-13-5-4-12-30(31)37-34/h1-31H;1-25H;1-22H. The van der Waals surface area contributed by atoms with Crippen LogP contribution in [0.5, 0.6) is 0 Å². The van der Waals surface area contributed by atoms with Gasteiger partial charge < -0.3 is 18.1 Å². The van der Waals surface area contributed by atoms with Crippen molar-refractivity contribution in [2.75, 3.05) is 0 Å². The largest absolute Gasteiger partial charge is 0.455 e. The van der Waals surface area contributed by atoms with Crippen LogP contribution < -0.4 is 0 Å². The molecular formula is C129H78N10O. The molecule has 8 aromatic heterocycles. The molecule has 650 valence electrons. The normalized spacial score (nSPS) is 11.9. The molecule has 140 heavy (non-hydrogen) atoms. The van der Waals surface area contributed by atoms with Gasteiger partial charge in [0.2, 0.25) is 0 Å². The van der Waals surface area contributed by atoms with Crippen molar-refractivity contribution in [3.8, 4) is 84.6 Å². The van der Waals surface area contributed by atoms with Crippen molar-refractivity contribution in [3.05, 3.63) is 473 Å². The van der Waals surface area contributed by atoms with Crippen LogP contribution in [0.3, 0.4) is 0 Å². The molecule has 0 saturated heterocycles. The number of rotatable bonds is 9. The first-order valence-corrected chi connectivity index (χ1v) is 47.4. The minimum absolute atomic E-state index is 0.800. The molecule has 0 bridgehead atoms. The fraction of sp³-hybridized carbons (Fsp3) is 0. The van der Waals surface area contributed by atoms with E-state index in [1.807, 2.05) is 97.2 Å². The Morgan fingerprint density at radius 1 is 0.179 bits per heavy atom. The van der Waals surface area contributed by atoms with Gasteiger partial charge in [-0.05, 0) is 228 Å². The van der Waals surface area contributed by atoms with Crippen molar-refractivity contribution in [1.29, 1.82) is 0 Å². The predicted molar refractivity (Wildman–Crippen MR) is 582 cm³/mol. The van der Waals surface area contributed by atoms with E-state index in [2.05, 4.69) is 389 Å². The number of hydrogen-bond donors (Lipinski definition) is 0. The van der Waals surface area contributed by atoms with Gasteiger partial charge in [-0.15, -0.1) is 0 Å². The summed E-state index contributed by atoms with van der Waals surface area (Å²) in [5.41, 5.74) is 28.3. The van der Waals surface area contributed by atoms with Gasteiger partial charge in [-0.25, -0.2) is 29.9 Å². The van der Waals surface area contributed by atoms with E-state index < -0.39 is 0 Å². The summed E-state index contributed by atoms with van der Waals surface area (Å²) < 4.78 is 13.6. The quantitative estimate of drug-likeness (QED) is 0.131. The molecular weight excluding hydrogens is 1710 g/mol. The third kappa shape index (κ3) is 13.1. The molecule has 0 amide bonds. The zero-order valence-corrected chi connectivity index (χ0v) is 75.4. The molecule has 0 spiro atoms. The summed E-state index contributed by atoms with van der Waals surface area (Å²) in [4.78, 5) is 35.7. The lowest BCUT2D eigenvalue weighted by atomic mass is 9.91. The average Bonchev–Trinajstić information content (AvgIpc) is 1.27. The van der Waals surface area contributed by atoms with Crippen LogP contribution in [-0.4, -0.2) is 48.6 Å². The van der Waals surface area contributed by atoms with Crippen LogP contribution in [0.15, 0.2) is 478 Å². The molecule has 30 aromatic rings. The van der Waals surface area contributed by atoms with Gasteiger partial charge in [0.05, 0.1) is 100 Å². The van der Waals surface area contributed by atoms with Crippen LogP contribution in [0.1, 0.15) is 0 Å². The molecule has 30 rings (SSSR count). The van der Waals surface area contributed by atoms with Gasteiger partial charge >= 0.3 is 0 Å². The van der Waals surface area contributed by atoms with Crippen LogP contribution in [0.2, 0.25) is 0 Å². The SMILES string of the molecule is c1cc(-c2nc3ccccc3nc2-c2cccc3c2oc2ccccc23)cc(-n2c3ccccc3c3cc4ccccc4cc32)c1.c1ccc2cc3c(cc2c1)c1ccccc1n3-c1ccc(-c2nc3ccccc3nc2-c2ccc3c4ccccc4c4ccccc4c3c2)c2ccccc12.c1cncc(-c2nc3ccccc3nc2-c2ccc(-n3c4ccccc4c4cc5ccccc5cc43)cc2)c1. The minimum atomic E-state index is 0.800. The molecule has 0 aliphatic heterocycles. The highest BCUT2D eigenvalue weighted by Gasteiger charge is 2.26. The number of furan rings is 1. The number of fused-ring (bicyclic) bond motifs is 25. The summed E-state index contributed by atoms with van der Waals surface area (Å²) in [6.07, 6.45) is 3.63. The molecule has 0 atom stereocenters.